The number of hydrogen-bond donors (Lipinski definition) is 1. The van der Waals surface area contributed by atoms with Gasteiger partial charge in [-0.2, -0.15) is 0 Å². The standard InChI is InChI=1S/C13H23N3/c1-5-16(10-11(2)3)13-6-7-15-9-12(13)8-14-4/h6-7,9,11,14H,5,8,10H2,1-4H3. The van der Waals surface area contributed by atoms with Crippen LogP contribution in [0, 0.1) is 5.92 Å². The molecule has 90 valence electrons. The molecule has 0 aliphatic rings. The van der Waals surface area contributed by atoms with Crippen LogP contribution in [0.4, 0.5) is 5.69 Å². The summed E-state index contributed by atoms with van der Waals surface area (Å²) in [7, 11) is 1.97. The largest absolute Gasteiger partial charge is 0.371 e. The van der Waals surface area contributed by atoms with Crippen LogP contribution in [0.15, 0.2) is 18.5 Å². The Kier molecular flexibility index (Phi) is 5.26. The summed E-state index contributed by atoms with van der Waals surface area (Å²) in [6, 6.07) is 2.11. The molecular formula is C13H23N3. The predicted molar refractivity (Wildman–Crippen MR) is 69.7 cm³/mol. The average Bonchev–Trinajstić information content (AvgIpc) is 2.27. The Hall–Kier alpha value is -1.09. The highest BCUT2D eigenvalue weighted by Crippen LogP contribution is 2.20. The highest BCUT2D eigenvalue weighted by Gasteiger charge is 2.10. The first-order valence-corrected chi connectivity index (χ1v) is 6.01. The Morgan fingerprint density at radius 1 is 1.44 bits per heavy atom. The van der Waals surface area contributed by atoms with Crippen LogP contribution in [0.1, 0.15) is 26.3 Å². The van der Waals surface area contributed by atoms with E-state index in [1.807, 2.05) is 19.4 Å². The molecule has 0 fully saturated rings. The van der Waals surface area contributed by atoms with E-state index >= 15 is 0 Å². The van der Waals surface area contributed by atoms with Crippen molar-refractivity contribution in [3.8, 4) is 0 Å². The van der Waals surface area contributed by atoms with E-state index in [-0.39, 0.29) is 0 Å². The zero-order chi connectivity index (χ0) is 12.0. The van der Waals surface area contributed by atoms with Crippen LogP contribution in [0.2, 0.25) is 0 Å². The fourth-order valence-electron chi connectivity index (χ4n) is 1.89. The smallest absolute Gasteiger partial charge is 0.0442 e. The topological polar surface area (TPSA) is 28.2 Å². The summed E-state index contributed by atoms with van der Waals surface area (Å²) < 4.78 is 0. The van der Waals surface area contributed by atoms with Gasteiger partial charge in [0.05, 0.1) is 0 Å². The summed E-state index contributed by atoms with van der Waals surface area (Å²) in [5.74, 6) is 0.676. The summed E-state index contributed by atoms with van der Waals surface area (Å²) in [5.41, 5.74) is 2.58. The third-order valence-electron chi connectivity index (χ3n) is 2.55. The fraction of sp³-hybridized carbons (Fsp3) is 0.615. The van der Waals surface area contributed by atoms with E-state index in [0.717, 1.165) is 19.6 Å². The number of hydrogen-bond acceptors (Lipinski definition) is 3. The number of aromatic nitrogens is 1. The minimum atomic E-state index is 0.676. The monoisotopic (exact) mass is 221 g/mol. The number of nitrogens with zero attached hydrogens (tertiary/aromatic N) is 2. The SMILES string of the molecule is CCN(CC(C)C)c1ccncc1CNC. The normalized spacial score (nSPS) is 10.8. The van der Waals surface area contributed by atoms with Crippen LogP contribution in [-0.4, -0.2) is 25.1 Å². The summed E-state index contributed by atoms with van der Waals surface area (Å²) in [5, 5.41) is 3.19. The number of anilines is 1. The lowest BCUT2D eigenvalue weighted by Gasteiger charge is -2.27. The number of nitrogens with one attached hydrogen (secondary N) is 1. The van der Waals surface area contributed by atoms with E-state index in [9.17, 15) is 0 Å². The van der Waals surface area contributed by atoms with Gasteiger partial charge in [-0.25, -0.2) is 0 Å². The van der Waals surface area contributed by atoms with Gasteiger partial charge in [0.2, 0.25) is 0 Å². The van der Waals surface area contributed by atoms with Crippen molar-refractivity contribution in [2.45, 2.75) is 27.3 Å². The van der Waals surface area contributed by atoms with E-state index in [4.69, 9.17) is 0 Å². The average molecular weight is 221 g/mol. The minimum Gasteiger partial charge on any atom is -0.371 e. The number of pyridine rings is 1. The van der Waals surface area contributed by atoms with Crippen LogP contribution in [0.5, 0.6) is 0 Å². The Morgan fingerprint density at radius 2 is 2.19 bits per heavy atom. The molecule has 1 rings (SSSR count). The molecule has 0 saturated heterocycles. The maximum Gasteiger partial charge on any atom is 0.0442 e. The Morgan fingerprint density at radius 3 is 2.75 bits per heavy atom. The first-order valence-electron chi connectivity index (χ1n) is 6.01. The highest BCUT2D eigenvalue weighted by molar-refractivity contribution is 5.52. The molecule has 0 unspecified atom stereocenters. The Balaban J connectivity index is 2.89. The van der Waals surface area contributed by atoms with Gasteiger partial charge in [0, 0.05) is 43.3 Å². The van der Waals surface area contributed by atoms with Crippen molar-refractivity contribution in [1.29, 1.82) is 0 Å². The lowest BCUT2D eigenvalue weighted by atomic mass is 10.1. The minimum absolute atomic E-state index is 0.676. The molecule has 0 saturated carbocycles. The van der Waals surface area contributed by atoms with Gasteiger partial charge in [0.15, 0.2) is 0 Å². The van der Waals surface area contributed by atoms with Crippen molar-refractivity contribution in [1.82, 2.24) is 10.3 Å². The molecule has 0 amide bonds. The van der Waals surface area contributed by atoms with Gasteiger partial charge in [-0.05, 0) is 26.0 Å². The van der Waals surface area contributed by atoms with Gasteiger partial charge in [0.25, 0.3) is 0 Å². The molecule has 0 aliphatic heterocycles. The Labute approximate surface area is 98.9 Å². The molecule has 3 nitrogen and oxygen atoms in total. The lowest BCUT2D eigenvalue weighted by Crippen LogP contribution is -2.28. The summed E-state index contributed by atoms with van der Waals surface area (Å²) >= 11 is 0. The first kappa shape index (κ1) is 13.0. The summed E-state index contributed by atoms with van der Waals surface area (Å²) in [4.78, 5) is 6.61. The quantitative estimate of drug-likeness (QED) is 0.799. The van der Waals surface area contributed by atoms with Gasteiger partial charge < -0.3 is 10.2 Å². The fourth-order valence-corrected chi connectivity index (χ4v) is 1.89. The summed E-state index contributed by atoms with van der Waals surface area (Å²) in [6.07, 6.45) is 3.83. The lowest BCUT2D eigenvalue weighted by molar-refractivity contribution is 0.616. The molecule has 1 aromatic rings. The maximum atomic E-state index is 4.19. The second-order valence-corrected chi connectivity index (χ2v) is 4.47. The number of rotatable bonds is 6. The zero-order valence-electron chi connectivity index (χ0n) is 10.8. The van der Waals surface area contributed by atoms with Crippen molar-refractivity contribution < 1.29 is 0 Å². The van der Waals surface area contributed by atoms with E-state index in [0.29, 0.717) is 5.92 Å². The molecule has 0 aliphatic carbocycles. The van der Waals surface area contributed by atoms with Gasteiger partial charge in [0.1, 0.15) is 0 Å². The second kappa shape index (κ2) is 6.48. The molecule has 0 aromatic carbocycles. The van der Waals surface area contributed by atoms with E-state index in [2.05, 4.69) is 42.0 Å². The molecule has 0 spiro atoms. The van der Waals surface area contributed by atoms with Crippen LogP contribution in [0.3, 0.4) is 0 Å². The first-order chi connectivity index (χ1) is 7.69. The van der Waals surface area contributed by atoms with Crippen molar-refractivity contribution >= 4 is 5.69 Å². The van der Waals surface area contributed by atoms with Gasteiger partial charge in [-0.3, -0.25) is 4.98 Å². The highest BCUT2D eigenvalue weighted by atomic mass is 15.1. The second-order valence-electron chi connectivity index (χ2n) is 4.47. The molecule has 3 heteroatoms. The van der Waals surface area contributed by atoms with E-state index in [1.165, 1.54) is 11.3 Å². The molecule has 1 heterocycles. The molecule has 0 radical (unpaired) electrons. The van der Waals surface area contributed by atoms with Crippen molar-refractivity contribution in [2.24, 2.45) is 5.92 Å². The van der Waals surface area contributed by atoms with Crippen LogP contribution in [0.25, 0.3) is 0 Å². The van der Waals surface area contributed by atoms with Crippen LogP contribution < -0.4 is 10.2 Å². The van der Waals surface area contributed by atoms with E-state index < -0.39 is 0 Å². The zero-order valence-corrected chi connectivity index (χ0v) is 10.8. The summed E-state index contributed by atoms with van der Waals surface area (Å²) in [6.45, 7) is 9.71. The third-order valence-corrected chi connectivity index (χ3v) is 2.55. The van der Waals surface area contributed by atoms with Crippen molar-refractivity contribution in [2.75, 3.05) is 25.0 Å². The molecule has 0 atom stereocenters. The van der Waals surface area contributed by atoms with Crippen molar-refractivity contribution in [3.63, 3.8) is 0 Å². The molecule has 0 bridgehead atoms. The Bertz CT molecular complexity index is 310. The molecule has 16 heavy (non-hydrogen) atoms. The van der Waals surface area contributed by atoms with Gasteiger partial charge >= 0.3 is 0 Å². The molecule has 1 aromatic heterocycles. The van der Waals surface area contributed by atoms with Gasteiger partial charge in [-0.15, -0.1) is 0 Å². The van der Waals surface area contributed by atoms with Gasteiger partial charge in [-0.1, -0.05) is 13.8 Å². The maximum absolute atomic E-state index is 4.19. The van der Waals surface area contributed by atoms with Crippen LogP contribution >= 0.6 is 0 Å². The molecule has 1 N–H and O–H groups in total. The molecular weight excluding hydrogens is 198 g/mol. The van der Waals surface area contributed by atoms with Crippen molar-refractivity contribution in [3.05, 3.63) is 24.0 Å². The third kappa shape index (κ3) is 3.49. The predicted octanol–water partition coefficient (Wildman–Crippen LogP) is 2.28. The van der Waals surface area contributed by atoms with Crippen LogP contribution in [-0.2, 0) is 6.54 Å². The van der Waals surface area contributed by atoms with E-state index in [1.54, 1.807) is 0 Å².